The van der Waals surface area contributed by atoms with Crippen molar-refractivity contribution in [3.63, 3.8) is 0 Å². The van der Waals surface area contributed by atoms with Crippen LogP contribution < -0.4 is 19.9 Å². The van der Waals surface area contributed by atoms with Crippen molar-refractivity contribution >= 4 is 17.7 Å². The van der Waals surface area contributed by atoms with Gasteiger partial charge in [0.05, 0.1) is 60.8 Å². The Labute approximate surface area is 166 Å². The van der Waals surface area contributed by atoms with Crippen LogP contribution in [0.3, 0.4) is 0 Å². The van der Waals surface area contributed by atoms with E-state index in [1.54, 1.807) is 19.1 Å². The summed E-state index contributed by atoms with van der Waals surface area (Å²) in [6.45, 7) is 1.74. The minimum atomic E-state index is -0.749. The zero-order valence-electron chi connectivity index (χ0n) is 15.8. The van der Waals surface area contributed by atoms with Crippen LogP contribution in [0.15, 0.2) is 34.1 Å². The monoisotopic (exact) mass is 398 g/mol. The molecule has 8 nitrogen and oxygen atoms in total. The normalized spacial score (nSPS) is 21.2. The summed E-state index contributed by atoms with van der Waals surface area (Å²) in [6.07, 6.45) is 0. The van der Waals surface area contributed by atoms with Gasteiger partial charge in [0.2, 0.25) is 11.7 Å². The Morgan fingerprint density at radius 3 is 2.11 bits per heavy atom. The summed E-state index contributed by atoms with van der Waals surface area (Å²) in [5.41, 5.74) is 7.16. The maximum absolute atomic E-state index is 12.5. The number of hydrogen-bond acceptors (Lipinski definition) is 8. The van der Waals surface area contributed by atoms with Crippen molar-refractivity contribution in [1.29, 1.82) is 10.5 Å². The standard InChI is InChI=1S/C19H18N4O4S/c1-9-18(24)23-17(22)11(7-20)15(12(8-21)19(23)28-9)10-5-13(25-2)16(27-4)14(6-10)26-3/h5-6,9,15H,22H2,1-4H3/t9-,15+/m1/s1. The molecule has 0 aromatic heterocycles. The fourth-order valence-electron chi connectivity index (χ4n) is 3.34. The summed E-state index contributed by atoms with van der Waals surface area (Å²) in [5.74, 6) is 0.216. The zero-order chi connectivity index (χ0) is 20.6. The third kappa shape index (κ3) is 2.72. The number of fused-ring (bicyclic) bond motifs is 1. The average Bonchev–Trinajstić information content (AvgIpc) is 3.01. The van der Waals surface area contributed by atoms with Crippen LogP contribution in [0.25, 0.3) is 0 Å². The summed E-state index contributed by atoms with van der Waals surface area (Å²) in [6, 6.07) is 7.59. The number of ether oxygens (including phenoxy) is 3. The molecule has 2 atom stereocenters. The Morgan fingerprint density at radius 2 is 1.64 bits per heavy atom. The third-order valence-electron chi connectivity index (χ3n) is 4.65. The molecule has 1 amide bonds. The molecule has 0 radical (unpaired) electrons. The van der Waals surface area contributed by atoms with Crippen LogP contribution in [-0.2, 0) is 4.79 Å². The SMILES string of the molecule is COc1cc([C@H]2C(C#N)=C(N)N3C(=O)[C@@H](C)SC3=C2C#N)cc(OC)c1OC. The highest BCUT2D eigenvalue weighted by Crippen LogP contribution is 2.50. The van der Waals surface area contributed by atoms with Gasteiger partial charge in [0.1, 0.15) is 5.82 Å². The number of methoxy groups -OCH3 is 3. The smallest absolute Gasteiger partial charge is 0.246 e. The van der Waals surface area contributed by atoms with Crippen LogP contribution in [0.4, 0.5) is 0 Å². The molecule has 0 bridgehead atoms. The number of nitriles is 2. The van der Waals surface area contributed by atoms with E-state index in [0.717, 1.165) is 0 Å². The number of carbonyl (C=O) groups is 1. The molecule has 2 aliphatic heterocycles. The number of hydrogen-bond donors (Lipinski definition) is 1. The fourth-order valence-corrected chi connectivity index (χ4v) is 4.46. The Balaban J connectivity index is 2.29. The fraction of sp³-hybridized carbons (Fsp3) is 0.316. The van der Waals surface area contributed by atoms with E-state index in [1.807, 2.05) is 0 Å². The molecule has 0 aliphatic carbocycles. The zero-order valence-corrected chi connectivity index (χ0v) is 16.6. The van der Waals surface area contributed by atoms with Crippen molar-refractivity contribution in [1.82, 2.24) is 4.90 Å². The van der Waals surface area contributed by atoms with E-state index in [0.29, 0.717) is 27.8 Å². The number of benzene rings is 1. The first-order chi connectivity index (χ1) is 13.4. The highest BCUT2D eigenvalue weighted by molar-refractivity contribution is 8.04. The third-order valence-corrected chi connectivity index (χ3v) is 5.83. The van der Waals surface area contributed by atoms with Crippen molar-refractivity contribution in [2.45, 2.75) is 18.1 Å². The molecule has 1 saturated heterocycles. The van der Waals surface area contributed by atoms with Gasteiger partial charge >= 0.3 is 0 Å². The maximum atomic E-state index is 12.5. The van der Waals surface area contributed by atoms with Gasteiger partial charge in [-0.25, -0.2) is 0 Å². The predicted molar refractivity (Wildman–Crippen MR) is 102 cm³/mol. The summed E-state index contributed by atoms with van der Waals surface area (Å²) in [5, 5.41) is 19.7. The largest absolute Gasteiger partial charge is 0.493 e. The summed E-state index contributed by atoms with van der Waals surface area (Å²) >= 11 is 1.26. The van der Waals surface area contributed by atoms with Gasteiger partial charge < -0.3 is 19.9 Å². The predicted octanol–water partition coefficient (Wildman–Crippen LogP) is 2.20. The lowest BCUT2D eigenvalue weighted by Gasteiger charge is -2.30. The van der Waals surface area contributed by atoms with Gasteiger partial charge in [0.25, 0.3) is 0 Å². The molecule has 2 aliphatic rings. The van der Waals surface area contributed by atoms with Crippen LogP contribution in [0.5, 0.6) is 17.2 Å². The first kappa shape index (κ1) is 19.5. The topological polar surface area (TPSA) is 122 Å². The van der Waals surface area contributed by atoms with E-state index in [2.05, 4.69) is 12.1 Å². The van der Waals surface area contributed by atoms with Crippen LogP contribution in [0, 0.1) is 22.7 Å². The van der Waals surface area contributed by atoms with Gasteiger partial charge in [0.15, 0.2) is 11.5 Å². The molecule has 144 valence electrons. The van der Waals surface area contributed by atoms with Crippen LogP contribution in [-0.4, -0.2) is 37.4 Å². The van der Waals surface area contributed by atoms with Crippen LogP contribution in [0.2, 0.25) is 0 Å². The number of nitrogens with zero attached hydrogens (tertiary/aromatic N) is 3. The molecule has 1 aromatic carbocycles. The second kappa shape index (κ2) is 7.37. The summed E-state index contributed by atoms with van der Waals surface area (Å²) < 4.78 is 16.1. The molecule has 0 saturated carbocycles. The molecular weight excluding hydrogens is 380 g/mol. The number of allylic oxidation sites excluding steroid dienone is 2. The van der Waals surface area contributed by atoms with Crippen molar-refractivity contribution in [3.05, 3.63) is 39.7 Å². The first-order valence-electron chi connectivity index (χ1n) is 8.27. The average molecular weight is 398 g/mol. The molecule has 0 unspecified atom stereocenters. The quantitative estimate of drug-likeness (QED) is 0.819. The lowest BCUT2D eigenvalue weighted by molar-refractivity contribution is -0.125. The lowest BCUT2D eigenvalue weighted by atomic mass is 9.83. The Morgan fingerprint density at radius 1 is 1.07 bits per heavy atom. The van der Waals surface area contributed by atoms with E-state index >= 15 is 0 Å². The van der Waals surface area contributed by atoms with Gasteiger partial charge in [-0.2, -0.15) is 10.5 Å². The first-order valence-corrected chi connectivity index (χ1v) is 9.15. The highest BCUT2D eigenvalue weighted by Gasteiger charge is 2.45. The summed E-state index contributed by atoms with van der Waals surface area (Å²) in [4.78, 5) is 13.7. The second-order valence-electron chi connectivity index (χ2n) is 6.07. The van der Waals surface area contributed by atoms with Gasteiger partial charge in [-0.3, -0.25) is 9.69 Å². The van der Waals surface area contributed by atoms with E-state index < -0.39 is 11.2 Å². The Bertz CT molecular complexity index is 977. The highest BCUT2D eigenvalue weighted by atomic mass is 32.2. The minimum absolute atomic E-state index is 0.0390. The number of carbonyl (C=O) groups excluding carboxylic acids is 1. The molecule has 9 heteroatoms. The minimum Gasteiger partial charge on any atom is -0.493 e. The van der Waals surface area contributed by atoms with Gasteiger partial charge in [-0.1, -0.05) is 11.8 Å². The molecule has 1 fully saturated rings. The van der Waals surface area contributed by atoms with E-state index in [-0.39, 0.29) is 22.9 Å². The molecule has 0 spiro atoms. The number of rotatable bonds is 4. The van der Waals surface area contributed by atoms with Gasteiger partial charge in [0, 0.05) is 0 Å². The Hall–Kier alpha value is -3.30. The second-order valence-corrected chi connectivity index (χ2v) is 7.40. The molecular formula is C19H18N4O4S. The van der Waals surface area contributed by atoms with Crippen LogP contribution >= 0.6 is 11.8 Å². The maximum Gasteiger partial charge on any atom is 0.246 e. The Kier molecular flexibility index (Phi) is 5.12. The molecule has 2 N–H and O–H groups in total. The van der Waals surface area contributed by atoms with E-state index in [4.69, 9.17) is 19.9 Å². The molecule has 1 aromatic rings. The lowest BCUT2D eigenvalue weighted by Crippen LogP contribution is -2.36. The van der Waals surface area contributed by atoms with Crippen molar-refractivity contribution in [2.24, 2.45) is 5.73 Å². The molecule has 3 rings (SSSR count). The van der Waals surface area contributed by atoms with Crippen LogP contribution in [0.1, 0.15) is 18.4 Å². The molecule has 2 heterocycles. The van der Waals surface area contributed by atoms with E-state index in [1.165, 1.54) is 38.0 Å². The van der Waals surface area contributed by atoms with Crippen molar-refractivity contribution in [2.75, 3.05) is 21.3 Å². The summed E-state index contributed by atoms with van der Waals surface area (Å²) in [7, 11) is 4.45. The van der Waals surface area contributed by atoms with E-state index in [9.17, 15) is 15.3 Å². The number of nitrogens with two attached hydrogens (primary N) is 1. The van der Waals surface area contributed by atoms with Gasteiger partial charge in [-0.05, 0) is 24.6 Å². The van der Waals surface area contributed by atoms with Crippen molar-refractivity contribution < 1.29 is 19.0 Å². The van der Waals surface area contributed by atoms with Gasteiger partial charge in [-0.15, -0.1) is 0 Å². The molecule has 28 heavy (non-hydrogen) atoms. The number of thioether (sulfide) groups is 1. The van der Waals surface area contributed by atoms with Crippen molar-refractivity contribution in [3.8, 4) is 29.4 Å². The number of amides is 1.